The first kappa shape index (κ1) is 14.5. The number of nitrogens with zero attached hydrogens (tertiary/aromatic N) is 2. The van der Waals surface area contributed by atoms with E-state index in [2.05, 4.69) is 17.2 Å². The average Bonchev–Trinajstić information content (AvgIpc) is 2.75. The third-order valence-electron chi connectivity index (χ3n) is 3.53. The molecule has 1 unspecified atom stereocenters. The number of aryl methyl sites for hydroxylation is 2. The highest BCUT2D eigenvalue weighted by molar-refractivity contribution is 7.13. The Balaban J connectivity index is 2.17. The molecule has 1 aromatic heterocycles. The standard InChI is InChI=1S/C14H23N3OS/c1-4-8-17(12-6-5-7-15-9-12)14(18)13-10(2)16-11(3)19-13/h12,15H,4-9H2,1-3H3. The summed E-state index contributed by atoms with van der Waals surface area (Å²) < 4.78 is 0. The second-order valence-corrected chi connectivity index (χ2v) is 6.35. The van der Waals surface area contributed by atoms with Crippen molar-refractivity contribution < 1.29 is 4.79 Å². The normalized spacial score (nSPS) is 19.4. The first-order valence-electron chi connectivity index (χ1n) is 7.09. The molecule has 0 saturated carbocycles. The Hall–Kier alpha value is -0.940. The number of hydrogen-bond donors (Lipinski definition) is 1. The molecule has 1 N–H and O–H groups in total. The van der Waals surface area contributed by atoms with E-state index in [9.17, 15) is 4.79 Å². The van der Waals surface area contributed by atoms with Crippen molar-refractivity contribution in [3.05, 3.63) is 15.6 Å². The van der Waals surface area contributed by atoms with Crippen molar-refractivity contribution in [1.82, 2.24) is 15.2 Å². The van der Waals surface area contributed by atoms with E-state index in [0.717, 1.165) is 54.5 Å². The Morgan fingerprint density at radius 1 is 1.53 bits per heavy atom. The zero-order valence-electron chi connectivity index (χ0n) is 12.0. The van der Waals surface area contributed by atoms with Gasteiger partial charge in [-0.1, -0.05) is 6.92 Å². The van der Waals surface area contributed by atoms with Crippen molar-refractivity contribution in [3.63, 3.8) is 0 Å². The summed E-state index contributed by atoms with van der Waals surface area (Å²) in [6.45, 7) is 8.84. The smallest absolute Gasteiger partial charge is 0.266 e. The Morgan fingerprint density at radius 3 is 2.84 bits per heavy atom. The molecule has 1 atom stereocenters. The molecule has 1 aliphatic heterocycles. The van der Waals surface area contributed by atoms with E-state index in [1.807, 2.05) is 18.7 Å². The quantitative estimate of drug-likeness (QED) is 0.921. The van der Waals surface area contributed by atoms with Crippen molar-refractivity contribution in [2.45, 2.75) is 46.1 Å². The molecule has 1 fully saturated rings. The third kappa shape index (κ3) is 3.34. The van der Waals surface area contributed by atoms with Crippen LogP contribution in [-0.2, 0) is 0 Å². The maximum absolute atomic E-state index is 12.7. The minimum atomic E-state index is 0.165. The number of thiazole rings is 1. The summed E-state index contributed by atoms with van der Waals surface area (Å²) >= 11 is 1.52. The van der Waals surface area contributed by atoms with Crippen LogP contribution in [0.5, 0.6) is 0 Å². The number of aromatic nitrogens is 1. The highest BCUT2D eigenvalue weighted by Crippen LogP contribution is 2.22. The largest absolute Gasteiger partial charge is 0.334 e. The zero-order chi connectivity index (χ0) is 13.8. The first-order valence-corrected chi connectivity index (χ1v) is 7.90. The molecule has 0 bridgehead atoms. The van der Waals surface area contributed by atoms with E-state index in [0.29, 0.717) is 6.04 Å². The Bertz CT molecular complexity index is 438. The number of hydrogen-bond acceptors (Lipinski definition) is 4. The summed E-state index contributed by atoms with van der Waals surface area (Å²) in [6.07, 6.45) is 3.26. The lowest BCUT2D eigenvalue weighted by molar-refractivity contribution is 0.0653. The van der Waals surface area contributed by atoms with Crippen LogP contribution in [0.3, 0.4) is 0 Å². The second-order valence-electron chi connectivity index (χ2n) is 5.15. The minimum absolute atomic E-state index is 0.165. The molecule has 106 valence electrons. The maximum atomic E-state index is 12.7. The van der Waals surface area contributed by atoms with Gasteiger partial charge in [-0.15, -0.1) is 11.3 Å². The fourth-order valence-corrected chi connectivity index (χ4v) is 3.53. The van der Waals surface area contributed by atoms with Crippen LogP contribution < -0.4 is 5.32 Å². The zero-order valence-corrected chi connectivity index (χ0v) is 12.8. The molecule has 2 heterocycles. The number of nitrogens with one attached hydrogen (secondary N) is 1. The molecule has 1 amide bonds. The Morgan fingerprint density at radius 2 is 2.32 bits per heavy atom. The van der Waals surface area contributed by atoms with Crippen molar-refractivity contribution in [3.8, 4) is 0 Å². The van der Waals surface area contributed by atoms with Crippen LogP contribution in [0.4, 0.5) is 0 Å². The fourth-order valence-electron chi connectivity index (χ4n) is 2.65. The average molecular weight is 281 g/mol. The van der Waals surface area contributed by atoms with Gasteiger partial charge in [0.1, 0.15) is 4.88 Å². The van der Waals surface area contributed by atoms with Gasteiger partial charge in [0.15, 0.2) is 0 Å². The van der Waals surface area contributed by atoms with E-state index in [1.165, 1.54) is 11.3 Å². The molecule has 0 radical (unpaired) electrons. The molecule has 1 aliphatic rings. The second kappa shape index (κ2) is 6.48. The summed E-state index contributed by atoms with van der Waals surface area (Å²) in [5, 5.41) is 4.37. The van der Waals surface area contributed by atoms with Crippen LogP contribution in [0.15, 0.2) is 0 Å². The third-order valence-corrected chi connectivity index (χ3v) is 4.60. The van der Waals surface area contributed by atoms with Crippen LogP contribution in [0, 0.1) is 13.8 Å². The highest BCUT2D eigenvalue weighted by atomic mass is 32.1. The Kier molecular flexibility index (Phi) is 4.93. The number of rotatable bonds is 4. The maximum Gasteiger partial charge on any atom is 0.266 e. The van der Waals surface area contributed by atoms with Gasteiger partial charge in [-0.3, -0.25) is 4.79 Å². The summed E-state index contributed by atoms with van der Waals surface area (Å²) in [4.78, 5) is 20.0. The monoisotopic (exact) mass is 281 g/mol. The van der Waals surface area contributed by atoms with Gasteiger partial charge in [0.05, 0.1) is 10.7 Å². The van der Waals surface area contributed by atoms with Crippen LogP contribution in [0.25, 0.3) is 0 Å². The van der Waals surface area contributed by atoms with E-state index in [1.54, 1.807) is 0 Å². The summed E-state index contributed by atoms with van der Waals surface area (Å²) in [5.41, 5.74) is 0.873. The molecule has 1 saturated heterocycles. The molecule has 0 spiro atoms. The van der Waals surface area contributed by atoms with Gasteiger partial charge in [-0.25, -0.2) is 4.98 Å². The van der Waals surface area contributed by atoms with Crippen molar-refractivity contribution in [1.29, 1.82) is 0 Å². The predicted octanol–water partition coefficient (Wildman–Crippen LogP) is 2.36. The molecule has 2 rings (SSSR count). The van der Waals surface area contributed by atoms with Crippen LogP contribution in [0.1, 0.15) is 46.6 Å². The SMILES string of the molecule is CCCN(C(=O)c1sc(C)nc1C)C1CCCNC1. The van der Waals surface area contributed by atoms with Crippen molar-refractivity contribution in [2.24, 2.45) is 0 Å². The van der Waals surface area contributed by atoms with Gasteiger partial charge >= 0.3 is 0 Å². The van der Waals surface area contributed by atoms with Crippen LogP contribution in [-0.4, -0.2) is 41.5 Å². The summed E-state index contributed by atoms with van der Waals surface area (Å²) in [7, 11) is 0. The van der Waals surface area contributed by atoms with E-state index < -0.39 is 0 Å². The number of amides is 1. The fraction of sp³-hybridized carbons (Fsp3) is 0.714. The van der Waals surface area contributed by atoms with Crippen LogP contribution in [0.2, 0.25) is 0 Å². The minimum Gasteiger partial charge on any atom is -0.334 e. The summed E-state index contributed by atoms with van der Waals surface area (Å²) in [5.74, 6) is 0.165. The van der Waals surface area contributed by atoms with E-state index in [4.69, 9.17) is 0 Å². The predicted molar refractivity (Wildman–Crippen MR) is 78.8 cm³/mol. The molecular weight excluding hydrogens is 258 g/mol. The molecular formula is C14H23N3OS. The molecule has 0 aromatic carbocycles. The lowest BCUT2D eigenvalue weighted by atomic mass is 10.1. The lowest BCUT2D eigenvalue weighted by Gasteiger charge is -2.34. The van der Waals surface area contributed by atoms with Gasteiger partial charge < -0.3 is 10.2 Å². The number of carbonyl (C=O) groups excluding carboxylic acids is 1. The molecule has 19 heavy (non-hydrogen) atoms. The van der Waals surface area contributed by atoms with Gasteiger partial charge in [0, 0.05) is 19.1 Å². The Labute approximate surface area is 119 Å². The van der Waals surface area contributed by atoms with E-state index >= 15 is 0 Å². The summed E-state index contributed by atoms with van der Waals surface area (Å²) in [6, 6.07) is 0.336. The number of carbonyl (C=O) groups is 1. The number of piperidine rings is 1. The molecule has 4 nitrogen and oxygen atoms in total. The van der Waals surface area contributed by atoms with Gasteiger partial charge in [-0.2, -0.15) is 0 Å². The topological polar surface area (TPSA) is 45.2 Å². The molecule has 0 aliphatic carbocycles. The molecule has 5 heteroatoms. The first-order chi connectivity index (χ1) is 9.13. The van der Waals surface area contributed by atoms with E-state index in [-0.39, 0.29) is 5.91 Å². The van der Waals surface area contributed by atoms with Crippen molar-refractivity contribution >= 4 is 17.2 Å². The molecule has 1 aromatic rings. The van der Waals surface area contributed by atoms with Crippen LogP contribution >= 0.6 is 11.3 Å². The highest BCUT2D eigenvalue weighted by Gasteiger charge is 2.27. The van der Waals surface area contributed by atoms with Gasteiger partial charge in [0.2, 0.25) is 0 Å². The van der Waals surface area contributed by atoms with Crippen molar-refractivity contribution in [2.75, 3.05) is 19.6 Å². The van der Waals surface area contributed by atoms with Gasteiger partial charge in [-0.05, 0) is 39.7 Å². The van der Waals surface area contributed by atoms with Gasteiger partial charge in [0.25, 0.3) is 5.91 Å². The lowest BCUT2D eigenvalue weighted by Crippen LogP contribution is -2.49.